The van der Waals surface area contributed by atoms with Crippen LogP contribution in [0.3, 0.4) is 0 Å². The van der Waals surface area contributed by atoms with Crippen molar-refractivity contribution in [2.75, 3.05) is 5.32 Å². The summed E-state index contributed by atoms with van der Waals surface area (Å²) in [6.07, 6.45) is 2.81. The molecule has 3 rings (SSSR count). The first-order chi connectivity index (χ1) is 10.1. The average Bonchev–Trinajstić information content (AvgIpc) is 3.11. The van der Waals surface area contributed by atoms with Gasteiger partial charge in [-0.25, -0.2) is 0 Å². The molecule has 2 aromatic heterocycles. The molecule has 106 valence electrons. The van der Waals surface area contributed by atoms with E-state index in [4.69, 9.17) is 4.42 Å². The Labute approximate surface area is 120 Å². The van der Waals surface area contributed by atoms with Gasteiger partial charge in [-0.15, -0.1) is 10.2 Å². The van der Waals surface area contributed by atoms with Crippen LogP contribution < -0.4 is 5.32 Å². The first-order valence-corrected chi connectivity index (χ1v) is 6.31. The molecule has 7 heteroatoms. The zero-order valence-electron chi connectivity index (χ0n) is 11.6. The molecule has 1 amide bonds. The highest BCUT2D eigenvalue weighted by Gasteiger charge is 2.13. The Morgan fingerprint density at radius 1 is 1.38 bits per heavy atom. The van der Waals surface area contributed by atoms with Crippen molar-refractivity contribution in [3.63, 3.8) is 0 Å². The topological polar surface area (TPSA) is 85.8 Å². The predicted octanol–water partition coefficient (Wildman–Crippen LogP) is 2.03. The fraction of sp³-hybridized carbons (Fsp3) is 0.143. The number of amides is 1. The van der Waals surface area contributed by atoms with Gasteiger partial charge in [-0.2, -0.15) is 5.10 Å². The Morgan fingerprint density at radius 2 is 2.24 bits per heavy atom. The van der Waals surface area contributed by atoms with Crippen LogP contribution in [-0.2, 0) is 7.05 Å². The summed E-state index contributed by atoms with van der Waals surface area (Å²) in [5.74, 6) is 0.201. The maximum absolute atomic E-state index is 12.2. The van der Waals surface area contributed by atoms with Crippen LogP contribution in [0.1, 0.15) is 16.1 Å². The molecule has 1 N–H and O–H groups in total. The van der Waals surface area contributed by atoms with Crippen molar-refractivity contribution >= 4 is 11.6 Å². The molecule has 1 aromatic carbocycles. The molecule has 0 saturated heterocycles. The van der Waals surface area contributed by atoms with Gasteiger partial charge in [-0.3, -0.25) is 9.48 Å². The number of hydrogen-bond donors (Lipinski definition) is 1. The van der Waals surface area contributed by atoms with Gasteiger partial charge in [0.25, 0.3) is 5.91 Å². The summed E-state index contributed by atoms with van der Waals surface area (Å²) >= 11 is 0. The molecule has 3 aromatic rings. The zero-order valence-corrected chi connectivity index (χ0v) is 11.6. The van der Waals surface area contributed by atoms with E-state index < -0.39 is 0 Å². The molecule has 21 heavy (non-hydrogen) atoms. The van der Waals surface area contributed by atoms with Crippen LogP contribution in [0.25, 0.3) is 11.5 Å². The number of hydrogen-bond acceptors (Lipinski definition) is 5. The number of aryl methyl sites for hydroxylation is 1. The van der Waals surface area contributed by atoms with Crippen LogP contribution in [0.2, 0.25) is 0 Å². The number of carbonyl (C=O) groups excluding carboxylic acids is 1. The fourth-order valence-electron chi connectivity index (χ4n) is 1.95. The molecule has 0 unspecified atom stereocenters. The van der Waals surface area contributed by atoms with Crippen LogP contribution in [0.4, 0.5) is 5.69 Å². The molecule has 0 atom stereocenters. The lowest BCUT2D eigenvalue weighted by molar-refractivity contribution is 0.102. The van der Waals surface area contributed by atoms with Gasteiger partial charge in [-0.05, 0) is 25.1 Å². The standard InChI is InChI=1S/C14H13N5O2/c1-9-12(7-16-19(9)2)13(20)17-11-5-3-4-10(6-11)14-18-15-8-21-14/h3-8H,1-2H3,(H,17,20). The molecule has 0 bridgehead atoms. The van der Waals surface area contributed by atoms with Gasteiger partial charge in [-0.1, -0.05) is 6.07 Å². The molecule has 0 fully saturated rings. The van der Waals surface area contributed by atoms with E-state index in [9.17, 15) is 4.79 Å². The molecular formula is C14H13N5O2. The summed E-state index contributed by atoms with van der Waals surface area (Å²) in [6.45, 7) is 1.84. The third kappa shape index (κ3) is 2.53. The van der Waals surface area contributed by atoms with Crippen molar-refractivity contribution in [1.82, 2.24) is 20.0 Å². The largest absolute Gasteiger partial charge is 0.423 e. The lowest BCUT2D eigenvalue weighted by Gasteiger charge is -2.05. The normalized spacial score (nSPS) is 10.6. The van der Waals surface area contributed by atoms with Crippen LogP contribution in [-0.4, -0.2) is 25.9 Å². The summed E-state index contributed by atoms with van der Waals surface area (Å²) in [5.41, 5.74) is 2.74. The van der Waals surface area contributed by atoms with E-state index >= 15 is 0 Å². The van der Waals surface area contributed by atoms with E-state index in [-0.39, 0.29) is 5.91 Å². The number of rotatable bonds is 3. The van der Waals surface area contributed by atoms with Crippen molar-refractivity contribution in [2.24, 2.45) is 7.05 Å². The van der Waals surface area contributed by atoms with E-state index in [0.29, 0.717) is 17.1 Å². The minimum Gasteiger partial charge on any atom is -0.423 e. The lowest BCUT2D eigenvalue weighted by atomic mass is 10.2. The Morgan fingerprint density at radius 3 is 2.90 bits per heavy atom. The second-order valence-electron chi connectivity index (χ2n) is 4.55. The minimum absolute atomic E-state index is 0.205. The van der Waals surface area contributed by atoms with Crippen molar-refractivity contribution < 1.29 is 9.21 Å². The summed E-state index contributed by atoms with van der Waals surface area (Å²) < 4.78 is 6.79. The third-order valence-corrected chi connectivity index (χ3v) is 3.21. The quantitative estimate of drug-likeness (QED) is 0.794. The van der Waals surface area contributed by atoms with Crippen LogP contribution >= 0.6 is 0 Å². The summed E-state index contributed by atoms with van der Waals surface area (Å²) in [7, 11) is 1.79. The lowest BCUT2D eigenvalue weighted by Crippen LogP contribution is -2.12. The highest BCUT2D eigenvalue weighted by Crippen LogP contribution is 2.21. The molecule has 0 aliphatic carbocycles. The van der Waals surface area contributed by atoms with Crippen molar-refractivity contribution in [3.8, 4) is 11.5 Å². The number of carbonyl (C=O) groups is 1. The predicted molar refractivity (Wildman–Crippen MR) is 75.6 cm³/mol. The van der Waals surface area contributed by atoms with E-state index in [1.165, 1.54) is 6.39 Å². The van der Waals surface area contributed by atoms with E-state index in [1.54, 1.807) is 30.1 Å². The number of anilines is 1. The second-order valence-corrected chi connectivity index (χ2v) is 4.55. The summed E-state index contributed by atoms with van der Waals surface area (Å²) in [5, 5.41) is 14.4. The molecule has 0 aliphatic heterocycles. The zero-order chi connectivity index (χ0) is 14.8. The number of nitrogens with one attached hydrogen (secondary N) is 1. The second kappa shape index (κ2) is 5.20. The summed E-state index contributed by atoms with van der Waals surface area (Å²) in [4.78, 5) is 12.2. The Balaban J connectivity index is 1.84. The molecule has 0 spiro atoms. The van der Waals surface area contributed by atoms with Crippen LogP contribution in [0.15, 0.2) is 41.3 Å². The Kier molecular flexibility index (Phi) is 3.23. The van der Waals surface area contributed by atoms with Gasteiger partial charge < -0.3 is 9.73 Å². The summed E-state index contributed by atoms with van der Waals surface area (Å²) in [6, 6.07) is 7.21. The van der Waals surface area contributed by atoms with E-state index in [0.717, 1.165) is 11.3 Å². The SMILES string of the molecule is Cc1c(C(=O)Nc2cccc(-c3nnco3)c2)cnn1C. The van der Waals surface area contributed by atoms with Crippen molar-refractivity contribution in [2.45, 2.75) is 6.92 Å². The maximum Gasteiger partial charge on any atom is 0.259 e. The van der Waals surface area contributed by atoms with Gasteiger partial charge >= 0.3 is 0 Å². The molecule has 0 aliphatic rings. The van der Waals surface area contributed by atoms with Crippen LogP contribution in [0.5, 0.6) is 0 Å². The van der Waals surface area contributed by atoms with Gasteiger partial charge in [0.1, 0.15) is 0 Å². The third-order valence-electron chi connectivity index (χ3n) is 3.21. The molecule has 7 nitrogen and oxygen atoms in total. The average molecular weight is 283 g/mol. The monoisotopic (exact) mass is 283 g/mol. The minimum atomic E-state index is -0.205. The highest BCUT2D eigenvalue weighted by atomic mass is 16.4. The first kappa shape index (κ1) is 13.0. The molecular weight excluding hydrogens is 270 g/mol. The smallest absolute Gasteiger partial charge is 0.259 e. The van der Waals surface area contributed by atoms with Gasteiger partial charge in [0, 0.05) is 24.0 Å². The highest BCUT2D eigenvalue weighted by molar-refractivity contribution is 6.05. The van der Waals surface area contributed by atoms with Crippen LogP contribution in [0, 0.1) is 6.92 Å². The van der Waals surface area contributed by atoms with Gasteiger partial charge in [0.15, 0.2) is 0 Å². The first-order valence-electron chi connectivity index (χ1n) is 6.31. The van der Waals surface area contributed by atoms with Gasteiger partial charge in [0.2, 0.25) is 12.3 Å². The molecule has 2 heterocycles. The molecule has 0 saturated carbocycles. The van der Waals surface area contributed by atoms with Gasteiger partial charge in [0.05, 0.1) is 11.8 Å². The number of benzene rings is 1. The Bertz CT molecular complexity index is 777. The maximum atomic E-state index is 12.2. The fourth-order valence-corrected chi connectivity index (χ4v) is 1.95. The number of nitrogens with zero attached hydrogens (tertiary/aromatic N) is 4. The van der Waals surface area contributed by atoms with Crippen molar-refractivity contribution in [1.29, 1.82) is 0 Å². The Hall–Kier alpha value is -2.96. The van der Waals surface area contributed by atoms with E-state index in [2.05, 4.69) is 20.6 Å². The molecule has 0 radical (unpaired) electrons. The number of aromatic nitrogens is 4. The van der Waals surface area contributed by atoms with E-state index in [1.807, 2.05) is 19.1 Å². The van der Waals surface area contributed by atoms with Crippen molar-refractivity contribution in [3.05, 3.63) is 48.1 Å².